The van der Waals surface area contributed by atoms with E-state index in [1.807, 2.05) is 0 Å². The highest BCUT2D eigenvalue weighted by Gasteiger charge is 2.30. The quantitative estimate of drug-likeness (QED) is 0.891. The Morgan fingerprint density at radius 3 is 2.65 bits per heavy atom. The summed E-state index contributed by atoms with van der Waals surface area (Å²) in [5, 5.41) is 8.49. The van der Waals surface area contributed by atoms with E-state index in [1.165, 1.54) is 19.1 Å². The molecule has 0 aromatic heterocycles. The molecule has 1 rings (SSSR count). The standard InChI is InChI=1S/C11H11F3O3/c1-7(5-10(15)16)17-9-4-2-3-8(6-9)11(12,13)14/h2-4,6-7H,5H2,1H3,(H,15,16)/t7-/m1/s1. The highest BCUT2D eigenvalue weighted by Crippen LogP contribution is 2.31. The molecule has 1 atom stereocenters. The summed E-state index contributed by atoms with van der Waals surface area (Å²) >= 11 is 0. The highest BCUT2D eigenvalue weighted by molar-refractivity contribution is 5.67. The summed E-state index contributed by atoms with van der Waals surface area (Å²) in [6, 6.07) is 4.34. The van der Waals surface area contributed by atoms with Gasteiger partial charge in [0.15, 0.2) is 0 Å². The Morgan fingerprint density at radius 2 is 2.12 bits per heavy atom. The summed E-state index contributed by atoms with van der Waals surface area (Å²) in [7, 11) is 0. The van der Waals surface area contributed by atoms with Crippen molar-refractivity contribution in [3.05, 3.63) is 29.8 Å². The molecule has 0 radical (unpaired) electrons. The molecule has 1 N–H and O–H groups in total. The Hall–Kier alpha value is -1.72. The maximum atomic E-state index is 12.4. The topological polar surface area (TPSA) is 46.5 Å². The SMILES string of the molecule is C[C@H](CC(=O)O)Oc1cccc(C(F)(F)F)c1. The molecule has 94 valence electrons. The number of halogens is 3. The fourth-order valence-electron chi connectivity index (χ4n) is 1.27. The number of carboxylic acid groups (broad SMARTS) is 1. The number of carbonyl (C=O) groups is 1. The maximum absolute atomic E-state index is 12.4. The summed E-state index contributed by atoms with van der Waals surface area (Å²) < 4.78 is 42.2. The van der Waals surface area contributed by atoms with E-state index in [0.717, 1.165) is 12.1 Å². The molecule has 1 aromatic carbocycles. The molecule has 17 heavy (non-hydrogen) atoms. The fourth-order valence-corrected chi connectivity index (χ4v) is 1.27. The van der Waals surface area contributed by atoms with E-state index in [4.69, 9.17) is 9.84 Å². The molecule has 0 aliphatic heterocycles. The molecule has 3 nitrogen and oxygen atoms in total. The van der Waals surface area contributed by atoms with Gasteiger partial charge >= 0.3 is 12.1 Å². The van der Waals surface area contributed by atoms with E-state index in [9.17, 15) is 18.0 Å². The van der Waals surface area contributed by atoms with E-state index >= 15 is 0 Å². The number of hydrogen-bond acceptors (Lipinski definition) is 2. The summed E-state index contributed by atoms with van der Waals surface area (Å²) in [6.07, 6.45) is -5.39. The third-order valence-electron chi connectivity index (χ3n) is 1.96. The minimum atomic E-state index is -4.44. The Labute approximate surface area is 95.8 Å². The van der Waals surface area contributed by atoms with E-state index in [0.29, 0.717) is 0 Å². The van der Waals surface area contributed by atoms with Crippen LogP contribution in [0.1, 0.15) is 18.9 Å². The van der Waals surface area contributed by atoms with Crippen molar-refractivity contribution in [1.82, 2.24) is 0 Å². The van der Waals surface area contributed by atoms with Gasteiger partial charge in [-0.1, -0.05) is 6.07 Å². The van der Waals surface area contributed by atoms with Gasteiger partial charge in [0.2, 0.25) is 0 Å². The van der Waals surface area contributed by atoms with Crippen LogP contribution in [0, 0.1) is 0 Å². The average molecular weight is 248 g/mol. The van der Waals surface area contributed by atoms with Gasteiger partial charge in [-0.15, -0.1) is 0 Å². The second-order valence-electron chi connectivity index (χ2n) is 3.55. The maximum Gasteiger partial charge on any atom is 0.416 e. The van der Waals surface area contributed by atoms with Crippen LogP contribution in [0.5, 0.6) is 5.75 Å². The third kappa shape index (κ3) is 4.34. The van der Waals surface area contributed by atoms with Gasteiger partial charge in [0.05, 0.1) is 12.0 Å². The van der Waals surface area contributed by atoms with Gasteiger partial charge in [0.25, 0.3) is 0 Å². The van der Waals surface area contributed by atoms with Gasteiger partial charge in [-0.3, -0.25) is 4.79 Å². The highest BCUT2D eigenvalue weighted by atomic mass is 19.4. The molecule has 0 spiro atoms. The molecule has 6 heteroatoms. The van der Waals surface area contributed by atoms with Gasteiger partial charge in [-0.25, -0.2) is 0 Å². The Morgan fingerprint density at radius 1 is 1.47 bits per heavy atom. The van der Waals surface area contributed by atoms with Gasteiger partial charge in [0.1, 0.15) is 11.9 Å². The average Bonchev–Trinajstić information content (AvgIpc) is 2.15. The van der Waals surface area contributed by atoms with Crippen molar-refractivity contribution in [2.45, 2.75) is 25.6 Å². The first-order valence-electron chi connectivity index (χ1n) is 4.85. The molecule has 1 aromatic rings. The predicted molar refractivity (Wildman–Crippen MR) is 53.8 cm³/mol. The molecule has 0 bridgehead atoms. The van der Waals surface area contributed by atoms with Crippen molar-refractivity contribution in [1.29, 1.82) is 0 Å². The summed E-state index contributed by atoms with van der Waals surface area (Å²) in [4.78, 5) is 10.4. The first kappa shape index (κ1) is 13.3. The first-order valence-corrected chi connectivity index (χ1v) is 4.85. The minimum absolute atomic E-state index is 0.00794. The van der Waals surface area contributed by atoms with Crippen LogP contribution in [0.3, 0.4) is 0 Å². The minimum Gasteiger partial charge on any atom is -0.490 e. The largest absolute Gasteiger partial charge is 0.490 e. The van der Waals surface area contributed by atoms with Crippen molar-refractivity contribution in [3.8, 4) is 5.75 Å². The van der Waals surface area contributed by atoms with Crippen molar-refractivity contribution in [3.63, 3.8) is 0 Å². The molecular weight excluding hydrogens is 237 g/mol. The van der Waals surface area contributed by atoms with Gasteiger partial charge in [-0.05, 0) is 25.1 Å². The summed E-state index contributed by atoms with van der Waals surface area (Å²) in [5.74, 6) is -1.06. The number of alkyl halides is 3. The number of aliphatic carboxylic acids is 1. The van der Waals surface area contributed by atoms with Gasteiger partial charge in [-0.2, -0.15) is 13.2 Å². The smallest absolute Gasteiger partial charge is 0.416 e. The molecule has 0 aliphatic carbocycles. The van der Waals surface area contributed by atoms with Crippen LogP contribution in [0.25, 0.3) is 0 Å². The van der Waals surface area contributed by atoms with Crippen molar-refractivity contribution in [2.24, 2.45) is 0 Å². The zero-order chi connectivity index (χ0) is 13.1. The van der Waals surface area contributed by atoms with Crippen LogP contribution < -0.4 is 4.74 Å². The van der Waals surface area contributed by atoms with Crippen LogP contribution in [0.2, 0.25) is 0 Å². The Balaban J connectivity index is 2.76. The summed E-state index contributed by atoms with van der Waals surface area (Å²) in [6.45, 7) is 1.48. The lowest BCUT2D eigenvalue weighted by Crippen LogP contribution is -2.17. The first-order chi connectivity index (χ1) is 7.79. The van der Waals surface area contributed by atoms with Crippen molar-refractivity contribution in [2.75, 3.05) is 0 Å². The Bertz CT molecular complexity index is 401. The lowest BCUT2D eigenvalue weighted by molar-refractivity contribution is -0.139. The number of carboxylic acids is 1. The number of ether oxygens (including phenoxy) is 1. The lowest BCUT2D eigenvalue weighted by Gasteiger charge is -2.14. The Kier molecular flexibility index (Phi) is 3.98. The molecule has 0 amide bonds. The van der Waals surface area contributed by atoms with Crippen LogP contribution >= 0.6 is 0 Å². The molecule has 0 unspecified atom stereocenters. The van der Waals surface area contributed by atoms with Crippen LogP contribution in [-0.2, 0) is 11.0 Å². The normalized spacial score (nSPS) is 13.2. The van der Waals surface area contributed by atoms with Crippen molar-refractivity contribution >= 4 is 5.97 Å². The van der Waals surface area contributed by atoms with Gasteiger partial charge in [0, 0.05) is 0 Å². The van der Waals surface area contributed by atoms with Crippen molar-refractivity contribution < 1.29 is 27.8 Å². The molecule has 0 saturated heterocycles. The number of rotatable bonds is 4. The van der Waals surface area contributed by atoms with E-state index in [-0.39, 0.29) is 12.2 Å². The molecule has 0 fully saturated rings. The van der Waals surface area contributed by atoms with E-state index in [1.54, 1.807) is 0 Å². The zero-order valence-electron chi connectivity index (χ0n) is 8.99. The van der Waals surface area contributed by atoms with Crippen LogP contribution in [-0.4, -0.2) is 17.2 Å². The number of hydrogen-bond donors (Lipinski definition) is 1. The predicted octanol–water partition coefficient (Wildman–Crippen LogP) is 2.95. The van der Waals surface area contributed by atoms with Gasteiger partial charge < -0.3 is 9.84 Å². The van der Waals surface area contributed by atoms with E-state index in [2.05, 4.69) is 0 Å². The van der Waals surface area contributed by atoms with E-state index < -0.39 is 23.8 Å². The second-order valence-corrected chi connectivity index (χ2v) is 3.55. The second kappa shape index (κ2) is 5.07. The van der Waals surface area contributed by atoms with Crippen LogP contribution in [0.15, 0.2) is 24.3 Å². The molecule has 0 aliphatic rings. The fraction of sp³-hybridized carbons (Fsp3) is 0.364. The van der Waals surface area contributed by atoms with Crippen LogP contribution in [0.4, 0.5) is 13.2 Å². The molecular formula is C11H11F3O3. The number of benzene rings is 1. The third-order valence-corrected chi connectivity index (χ3v) is 1.96. The monoisotopic (exact) mass is 248 g/mol. The molecule has 0 heterocycles. The lowest BCUT2D eigenvalue weighted by atomic mass is 10.2. The zero-order valence-corrected chi connectivity index (χ0v) is 8.99. The summed E-state index contributed by atoms with van der Waals surface area (Å²) in [5.41, 5.74) is -0.822. The molecule has 0 saturated carbocycles.